The summed E-state index contributed by atoms with van der Waals surface area (Å²) in [5.41, 5.74) is 6.34. The van der Waals surface area contributed by atoms with E-state index < -0.39 is 11.6 Å². The highest BCUT2D eigenvalue weighted by Crippen LogP contribution is 2.31. The Hall–Kier alpha value is -3.67. The predicted octanol–water partition coefficient (Wildman–Crippen LogP) is 7.57. The molecule has 0 saturated heterocycles. The van der Waals surface area contributed by atoms with Gasteiger partial charge in [0.2, 0.25) is 0 Å². The first-order valence-electron chi connectivity index (χ1n) is 12.9. The van der Waals surface area contributed by atoms with E-state index in [4.69, 9.17) is 9.73 Å². The molecule has 6 heteroatoms. The van der Waals surface area contributed by atoms with Gasteiger partial charge in [-0.2, -0.15) is 0 Å². The summed E-state index contributed by atoms with van der Waals surface area (Å²) in [5, 5.41) is 0. The number of halogens is 2. The monoisotopic (exact) mass is 499 g/mol. The standard InChI is InChI=1S/C31H31F2N3O/c1-19(2)21-10-12-22(13-11-21)26-17-24(37-15-14-20(26)3)16-23-6-4-9-28-29(18-34-23)36-31(35-28)25-7-5-8-27(32)30(25)33/h5,7-13,17-19,23H,4,6,14-16H2,1-3H3. The lowest BCUT2D eigenvalue weighted by atomic mass is 9.94. The third-order valence-corrected chi connectivity index (χ3v) is 7.01. The summed E-state index contributed by atoms with van der Waals surface area (Å²) in [4.78, 5) is 13.7. The molecule has 3 aliphatic heterocycles. The maximum Gasteiger partial charge on any atom is 0.169 e. The van der Waals surface area contributed by atoms with E-state index in [1.54, 1.807) is 6.21 Å². The van der Waals surface area contributed by atoms with Crippen molar-refractivity contribution < 1.29 is 13.5 Å². The van der Waals surface area contributed by atoms with Crippen LogP contribution in [0.4, 0.5) is 8.78 Å². The van der Waals surface area contributed by atoms with Crippen LogP contribution in [0.2, 0.25) is 0 Å². The third-order valence-electron chi connectivity index (χ3n) is 7.01. The first-order chi connectivity index (χ1) is 17.9. The van der Waals surface area contributed by atoms with Crippen LogP contribution in [0.1, 0.15) is 69.1 Å². The number of nitrogens with zero attached hydrogens (tertiary/aromatic N) is 3. The number of fused-ring (bicyclic) bond motifs is 1. The second kappa shape index (κ2) is 10.8. The van der Waals surface area contributed by atoms with Gasteiger partial charge in [-0.05, 0) is 60.6 Å². The van der Waals surface area contributed by atoms with E-state index in [1.807, 2.05) is 6.08 Å². The van der Waals surface area contributed by atoms with Crippen LogP contribution in [0.15, 0.2) is 86.6 Å². The number of aliphatic imine (C=N–C) groups is 3. The first kappa shape index (κ1) is 25.0. The molecule has 3 heterocycles. The SMILES string of the molecule is CC1=C(c2ccc(C(C)C)cc2)C=C(CC2CCC=C3N=C(c4cccc(F)c4F)N=C3C=N2)OCC1. The van der Waals surface area contributed by atoms with Crippen LogP contribution >= 0.6 is 0 Å². The molecule has 2 aromatic rings. The maximum atomic E-state index is 14.3. The molecule has 0 radical (unpaired) electrons. The number of hydrogen-bond acceptors (Lipinski definition) is 4. The fourth-order valence-corrected chi connectivity index (χ4v) is 4.75. The van der Waals surface area contributed by atoms with Crippen LogP contribution in [0.3, 0.4) is 0 Å². The smallest absolute Gasteiger partial charge is 0.169 e. The fourth-order valence-electron chi connectivity index (χ4n) is 4.75. The Balaban J connectivity index is 1.34. The predicted molar refractivity (Wildman–Crippen MR) is 146 cm³/mol. The van der Waals surface area contributed by atoms with Crippen molar-refractivity contribution in [3.8, 4) is 0 Å². The molecule has 3 aliphatic rings. The average molecular weight is 500 g/mol. The lowest BCUT2D eigenvalue weighted by Crippen LogP contribution is -2.13. The molecule has 2 aromatic carbocycles. The highest BCUT2D eigenvalue weighted by atomic mass is 19.2. The summed E-state index contributed by atoms with van der Waals surface area (Å²) in [7, 11) is 0. The van der Waals surface area contributed by atoms with Gasteiger partial charge in [-0.3, -0.25) is 4.99 Å². The lowest BCUT2D eigenvalue weighted by Gasteiger charge is -2.16. The van der Waals surface area contributed by atoms with E-state index in [0.717, 1.165) is 31.1 Å². The number of hydrogen-bond donors (Lipinski definition) is 0. The lowest BCUT2D eigenvalue weighted by molar-refractivity contribution is 0.203. The van der Waals surface area contributed by atoms with Gasteiger partial charge in [0.25, 0.3) is 0 Å². The van der Waals surface area contributed by atoms with Crippen LogP contribution < -0.4 is 0 Å². The van der Waals surface area contributed by atoms with Crippen LogP contribution in [0, 0.1) is 11.6 Å². The van der Waals surface area contributed by atoms with Crippen molar-refractivity contribution in [3.63, 3.8) is 0 Å². The van der Waals surface area contributed by atoms with Gasteiger partial charge in [0.05, 0.1) is 29.7 Å². The normalized spacial score (nSPS) is 19.8. The number of rotatable bonds is 5. The molecule has 1 unspecified atom stereocenters. The van der Waals surface area contributed by atoms with Gasteiger partial charge in [0.1, 0.15) is 5.71 Å². The Morgan fingerprint density at radius 3 is 2.65 bits per heavy atom. The Morgan fingerprint density at radius 2 is 1.86 bits per heavy atom. The second-order valence-electron chi connectivity index (χ2n) is 10.0. The van der Waals surface area contributed by atoms with Gasteiger partial charge in [-0.1, -0.05) is 55.8 Å². The van der Waals surface area contributed by atoms with Gasteiger partial charge >= 0.3 is 0 Å². The number of amidine groups is 1. The Morgan fingerprint density at radius 1 is 1.05 bits per heavy atom. The van der Waals surface area contributed by atoms with Crippen molar-refractivity contribution in [2.75, 3.05) is 6.61 Å². The van der Waals surface area contributed by atoms with Crippen LogP contribution in [0.25, 0.3) is 5.57 Å². The van der Waals surface area contributed by atoms with Gasteiger partial charge in [-0.25, -0.2) is 18.8 Å². The summed E-state index contributed by atoms with van der Waals surface area (Å²) < 4.78 is 34.1. The topological polar surface area (TPSA) is 46.3 Å². The maximum absolute atomic E-state index is 14.3. The molecule has 0 N–H and O–H groups in total. The molecule has 1 atom stereocenters. The largest absolute Gasteiger partial charge is 0.498 e. The minimum absolute atomic E-state index is 0.0182. The molecular weight excluding hydrogens is 468 g/mol. The molecule has 0 aromatic heterocycles. The first-order valence-corrected chi connectivity index (χ1v) is 12.9. The highest BCUT2D eigenvalue weighted by Gasteiger charge is 2.23. The number of allylic oxidation sites excluding steroid dienone is 4. The highest BCUT2D eigenvalue weighted by molar-refractivity contribution is 6.43. The Kier molecular flexibility index (Phi) is 7.26. The third kappa shape index (κ3) is 5.53. The average Bonchev–Trinajstić information content (AvgIpc) is 3.17. The molecule has 0 aliphatic carbocycles. The summed E-state index contributed by atoms with van der Waals surface area (Å²) in [6, 6.07) is 12.9. The quantitative estimate of drug-likeness (QED) is 0.418. The van der Waals surface area contributed by atoms with Gasteiger partial charge < -0.3 is 4.74 Å². The van der Waals surface area contributed by atoms with Gasteiger partial charge in [-0.15, -0.1) is 0 Å². The molecule has 0 amide bonds. The van der Waals surface area contributed by atoms with Crippen molar-refractivity contribution in [2.24, 2.45) is 15.0 Å². The van der Waals surface area contributed by atoms with Gasteiger partial charge in [0.15, 0.2) is 17.5 Å². The molecule has 0 saturated carbocycles. The minimum Gasteiger partial charge on any atom is -0.498 e. The van der Waals surface area contributed by atoms with Gasteiger partial charge in [0, 0.05) is 19.1 Å². The van der Waals surface area contributed by atoms with Crippen molar-refractivity contribution in [2.45, 2.75) is 58.4 Å². The molecule has 4 nitrogen and oxygen atoms in total. The molecule has 0 bridgehead atoms. The van der Waals surface area contributed by atoms with E-state index in [9.17, 15) is 8.78 Å². The summed E-state index contributed by atoms with van der Waals surface area (Å²) in [6.45, 7) is 7.23. The van der Waals surface area contributed by atoms with E-state index in [2.05, 4.69) is 61.1 Å². The zero-order chi connectivity index (χ0) is 25.9. The van der Waals surface area contributed by atoms with Crippen LogP contribution in [0.5, 0.6) is 0 Å². The van der Waals surface area contributed by atoms with Crippen LogP contribution in [-0.4, -0.2) is 30.4 Å². The fraction of sp³-hybridized carbons (Fsp3) is 0.323. The van der Waals surface area contributed by atoms with E-state index in [0.29, 0.717) is 30.4 Å². The molecule has 190 valence electrons. The Labute approximate surface area is 216 Å². The Bertz CT molecular complexity index is 1380. The summed E-state index contributed by atoms with van der Waals surface area (Å²) in [5.74, 6) is -0.252. The van der Waals surface area contributed by atoms with Crippen LogP contribution in [-0.2, 0) is 4.74 Å². The molecule has 5 rings (SSSR count). The summed E-state index contributed by atoms with van der Waals surface area (Å²) in [6.07, 6.45) is 9.01. The van der Waals surface area contributed by atoms with E-state index in [-0.39, 0.29) is 17.4 Å². The van der Waals surface area contributed by atoms with Crippen molar-refractivity contribution in [1.82, 2.24) is 0 Å². The zero-order valence-corrected chi connectivity index (χ0v) is 21.5. The van der Waals surface area contributed by atoms with E-state index in [1.165, 1.54) is 34.4 Å². The summed E-state index contributed by atoms with van der Waals surface area (Å²) >= 11 is 0. The minimum atomic E-state index is -0.939. The van der Waals surface area contributed by atoms with Crippen molar-refractivity contribution in [1.29, 1.82) is 0 Å². The zero-order valence-electron chi connectivity index (χ0n) is 21.5. The molecule has 37 heavy (non-hydrogen) atoms. The van der Waals surface area contributed by atoms with Crippen molar-refractivity contribution >= 4 is 23.3 Å². The second-order valence-corrected chi connectivity index (χ2v) is 10.0. The van der Waals surface area contributed by atoms with Crippen molar-refractivity contribution in [3.05, 3.63) is 100.0 Å². The molecule has 0 spiro atoms. The molecular formula is C31H31F2N3O. The van der Waals surface area contributed by atoms with E-state index >= 15 is 0 Å². The number of benzene rings is 2. The molecule has 0 fully saturated rings. The number of ether oxygens (including phenoxy) is 1.